The lowest BCUT2D eigenvalue weighted by Crippen LogP contribution is -2.35. The molecule has 0 saturated heterocycles. The zero-order valence-electron chi connectivity index (χ0n) is 13.6. The third-order valence-corrected chi connectivity index (χ3v) is 3.06. The molecule has 2 amide bonds. The smallest absolute Gasteiger partial charge is 0.253 e. The van der Waals surface area contributed by atoms with Crippen LogP contribution in [0.25, 0.3) is 0 Å². The molecule has 1 aromatic rings. The van der Waals surface area contributed by atoms with Gasteiger partial charge >= 0.3 is 0 Å². The van der Waals surface area contributed by atoms with Gasteiger partial charge in [0.1, 0.15) is 0 Å². The van der Waals surface area contributed by atoms with Crippen molar-refractivity contribution >= 4 is 34.8 Å². The minimum atomic E-state index is -0.235. The van der Waals surface area contributed by atoms with Crippen molar-refractivity contribution in [3.63, 3.8) is 0 Å². The van der Waals surface area contributed by atoms with Crippen LogP contribution in [0.4, 0.5) is 5.69 Å². The summed E-state index contributed by atoms with van der Waals surface area (Å²) in [4.78, 5) is 23.9. The number of thiocarbonyl (C=S) groups is 1. The number of amides is 2. The minimum absolute atomic E-state index is 0.153. The number of hydrogen-bond donors (Lipinski definition) is 3. The molecule has 0 fully saturated rings. The Hall–Kier alpha value is -1.99. The Morgan fingerprint density at radius 1 is 1.26 bits per heavy atom. The zero-order chi connectivity index (χ0) is 17.2. The summed E-state index contributed by atoms with van der Waals surface area (Å²) in [6.45, 7) is 4.76. The highest BCUT2D eigenvalue weighted by atomic mass is 32.1. The molecule has 3 N–H and O–H groups in total. The van der Waals surface area contributed by atoms with Crippen molar-refractivity contribution in [3.8, 4) is 0 Å². The second-order valence-corrected chi connectivity index (χ2v) is 5.80. The van der Waals surface area contributed by atoms with Crippen LogP contribution in [0.15, 0.2) is 24.3 Å². The molecule has 7 heteroatoms. The summed E-state index contributed by atoms with van der Waals surface area (Å²) in [5.74, 6) is -0.141. The Labute approximate surface area is 142 Å². The van der Waals surface area contributed by atoms with Crippen LogP contribution in [0, 0.1) is 5.92 Å². The van der Waals surface area contributed by atoms with Crippen LogP contribution in [0.1, 0.15) is 30.6 Å². The van der Waals surface area contributed by atoms with Crippen molar-refractivity contribution < 1.29 is 14.3 Å². The van der Waals surface area contributed by atoms with Gasteiger partial charge in [-0.1, -0.05) is 26.0 Å². The molecule has 0 spiro atoms. The number of para-hydroxylation sites is 1. The molecule has 1 rings (SSSR count). The van der Waals surface area contributed by atoms with E-state index in [0.717, 1.165) is 0 Å². The first-order chi connectivity index (χ1) is 10.9. The fourth-order valence-corrected chi connectivity index (χ4v) is 2.08. The predicted molar refractivity (Wildman–Crippen MR) is 94.5 cm³/mol. The first kappa shape index (κ1) is 19.1. The third-order valence-electron chi connectivity index (χ3n) is 2.86. The fraction of sp³-hybridized carbons (Fsp3) is 0.438. The molecule has 0 aromatic heterocycles. The predicted octanol–water partition coefficient (Wildman–Crippen LogP) is 1.92. The number of hydrogen-bond acceptors (Lipinski definition) is 4. The van der Waals surface area contributed by atoms with Crippen molar-refractivity contribution in [2.24, 2.45) is 5.92 Å². The SMILES string of the molecule is COCCNC(=O)c1ccccc1NC(=S)NC(=O)CC(C)C. The highest BCUT2D eigenvalue weighted by Crippen LogP contribution is 2.14. The van der Waals surface area contributed by atoms with Crippen molar-refractivity contribution in [1.82, 2.24) is 10.6 Å². The maximum Gasteiger partial charge on any atom is 0.253 e. The van der Waals surface area contributed by atoms with E-state index in [1.54, 1.807) is 31.4 Å². The van der Waals surface area contributed by atoms with Gasteiger partial charge in [0.2, 0.25) is 5.91 Å². The second kappa shape index (κ2) is 9.91. The van der Waals surface area contributed by atoms with Gasteiger partial charge in [-0.05, 0) is 30.3 Å². The number of ether oxygens (including phenoxy) is 1. The van der Waals surface area contributed by atoms with Crippen LogP contribution < -0.4 is 16.0 Å². The van der Waals surface area contributed by atoms with E-state index >= 15 is 0 Å². The first-order valence-electron chi connectivity index (χ1n) is 7.41. The molecule has 0 bridgehead atoms. The van der Waals surface area contributed by atoms with Crippen molar-refractivity contribution in [2.45, 2.75) is 20.3 Å². The number of rotatable bonds is 7. The zero-order valence-corrected chi connectivity index (χ0v) is 14.5. The fourth-order valence-electron chi connectivity index (χ4n) is 1.85. The van der Waals surface area contributed by atoms with E-state index in [1.807, 2.05) is 13.8 Å². The van der Waals surface area contributed by atoms with Gasteiger partial charge in [-0.2, -0.15) is 0 Å². The van der Waals surface area contributed by atoms with Crippen LogP contribution in [0.3, 0.4) is 0 Å². The number of carbonyl (C=O) groups is 2. The van der Waals surface area contributed by atoms with Gasteiger partial charge in [-0.15, -0.1) is 0 Å². The number of anilines is 1. The molecular formula is C16H23N3O3S. The van der Waals surface area contributed by atoms with Crippen molar-refractivity contribution in [3.05, 3.63) is 29.8 Å². The van der Waals surface area contributed by atoms with Gasteiger partial charge in [-0.3, -0.25) is 9.59 Å². The summed E-state index contributed by atoms with van der Waals surface area (Å²) < 4.78 is 4.90. The van der Waals surface area contributed by atoms with E-state index in [0.29, 0.717) is 30.8 Å². The van der Waals surface area contributed by atoms with E-state index in [2.05, 4.69) is 16.0 Å². The number of nitrogens with one attached hydrogen (secondary N) is 3. The first-order valence-corrected chi connectivity index (χ1v) is 7.81. The summed E-state index contributed by atoms with van der Waals surface area (Å²) in [7, 11) is 1.57. The molecule has 6 nitrogen and oxygen atoms in total. The van der Waals surface area contributed by atoms with Crippen LogP contribution in [0.5, 0.6) is 0 Å². The standard InChI is InChI=1S/C16H23N3O3S/c1-11(2)10-14(20)19-16(23)18-13-7-5-4-6-12(13)15(21)17-8-9-22-3/h4-7,11H,8-10H2,1-3H3,(H,17,21)(H2,18,19,20,23). The van der Waals surface area contributed by atoms with Crippen LogP contribution in [0.2, 0.25) is 0 Å². The van der Waals surface area contributed by atoms with E-state index in [4.69, 9.17) is 17.0 Å². The molecular weight excluding hydrogens is 314 g/mol. The lowest BCUT2D eigenvalue weighted by molar-refractivity contribution is -0.120. The molecule has 23 heavy (non-hydrogen) atoms. The molecule has 0 unspecified atom stereocenters. The van der Waals surface area contributed by atoms with E-state index < -0.39 is 0 Å². The molecule has 0 atom stereocenters. The lowest BCUT2D eigenvalue weighted by Gasteiger charge is -2.14. The van der Waals surface area contributed by atoms with Gasteiger partial charge in [0, 0.05) is 20.1 Å². The molecule has 1 aromatic carbocycles. The Kier molecular flexibility index (Phi) is 8.21. The van der Waals surface area contributed by atoms with E-state index in [-0.39, 0.29) is 22.8 Å². The molecule has 126 valence electrons. The minimum Gasteiger partial charge on any atom is -0.383 e. The van der Waals surface area contributed by atoms with Crippen LogP contribution in [-0.4, -0.2) is 37.2 Å². The largest absolute Gasteiger partial charge is 0.383 e. The Morgan fingerprint density at radius 2 is 1.96 bits per heavy atom. The molecule has 0 radical (unpaired) electrons. The maximum atomic E-state index is 12.2. The average molecular weight is 337 g/mol. The average Bonchev–Trinajstić information content (AvgIpc) is 2.46. The normalized spacial score (nSPS) is 10.3. The van der Waals surface area contributed by atoms with Crippen molar-refractivity contribution in [1.29, 1.82) is 0 Å². The lowest BCUT2D eigenvalue weighted by atomic mass is 10.1. The van der Waals surface area contributed by atoms with Gasteiger partial charge in [0.25, 0.3) is 5.91 Å². The quantitative estimate of drug-likeness (QED) is 0.523. The van der Waals surface area contributed by atoms with Gasteiger partial charge in [0.05, 0.1) is 17.9 Å². The van der Waals surface area contributed by atoms with Gasteiger partial charge < -0.3 is 20.7 Å². The summed E-state index contributed by atoms with van der Waals surface area (Å²) in [6, 6.07) is 6.96. The summed E-state index contributed by atoms with van der Waals surface area (Å²) in [5, 5.41) is 8.42. The van der Waals surface area contributed by atoms with Gasteiger partial charge in [0.15, 0.2) is 5.11 Å². The Balaban J connectivity index is 2.68. The van der Waals surface area contributed by atoms with E-state index in [1.165, 1.54) is 0 Å². The van der Waals surface area contributed by atoms with Gasteiger partial charge in [-0.25, -0.2) is 0 Å². The summed E-state index contributed by atoms with van der Waals surface area (Å²) in [5.41, 5.74) is 0.987. The molecule has 0 aliphatic heterocycles. The summed E-state index contributed by atoms with van der Waals surface area (Å²) >= 11 is 5.12. The highest BCUT2D eigenvalue weighted by molar-refractivity contribution is 7.80. The molecule has 0 saturated carbocycles. The monoisotopic (exact) mass is 337 g/mol. The maximum absolute atomic E-state index is 12.2. The number of benzene rings is 1. The third kappa shape index (κ3) is 7.21. The number of methoxy groups -OCH3 is 1. The van der Waals surface area contributed by atoms with Crippen LogP contribution in [-0.2, 0) is 9.53 Å². The molecule has 0 aliphatic rings. The molecule has 0 heterocycles. The topological polar surface area (TPSA) is 79.5 Å². The highest BCUT2D eigenvalue weighted by Gasteiger charge is 2.13. The summed E-state index contributed by atoms with van der Waals surface area (Å²) in [6.07, 6.45) is 0.390. The Morgan fingerprint density at radius 3 is 2.61 bits per heavy atom. The van der Waals surface area contributed by atoms with E-state index in [9.17, 15) is 9.59 Å². The second-order valence-electron chi connectivity index (χ2n) is 5.39. The Bertz CT molecular complexity index is 561. The van der Waals surface area contributed by atoms with Crippen LogP contribution >= 0.6 is 12.2 Å². The van der Waals surface area contributed by atoms with Crippen molar-refractivity contribution in [2.75, 3.05) is 25.6 Å². The molecule has 0 aliphatic carbocycles. The number of carbonyl (C=O) groups excluding carboxylic acids is 2.